The highest BCUT2D eigenvalue weighted by atomic mass is 35.5. The number of nitrogens with one attached hydrogen (secondary N) is 1. The Bertz CT molecular complexity index is 629. The summed E-state index contributed by atoms with van der Waals surface area (Å²) in [6, 6.07) is 12.1. The second-order valence-electron chi connectivity index (χ2n) is 4.23. The van der Waals surface area contributed by atoms with Gasteiger partial charge in [0.2, 0.25) is 0 Å². The first-order valence-corrected chi connectivity index (χ1v) is 6.44. The lowest BCUT2D eigenvalue weighted by Gasteiger charge is -2.11. The molecule has 0 aliphatic heterocycles. The molecule has 0 spiro atoms. The van der Waals surface area contributed by atoms with Crippen LogP contribution in [0.25, 0.3) is 0 Å². The lowest BCUT2D eigenvalue weighted by atomic mass is 10.1. The molecule has 0 atom stereocenters. The van der Waals surface area contributed by atoms with Gasteiger partial charge in [-0.3, -0.25) is 4.79 Å². The third-order valence-electron chi connectivity index (χ3n) is 2.87. The van der Waals surface area contributed by atoms with Crippen molar-refractivity contribution >= 4 is 23.2 Å². The quantitative estimate of drug-likeness (QED) is 0.851. The highest BCUT2D eigenvalue weighted by Crippen LogP contribution is 2.25. The van der Waals surface area contributed by atoms with Gasteiger partial charge >= 0.3 is 0 Å². The van der Waals surface area contributed by atoms with Crippen LogP contribution < -0.4 is 15.8 Å². The average Bonchev–Trinajstić information content (AvgIpc) is 2.45. The number of nitrogen functional groups attached to an aromatic ring is 1. The van der Waals surface area contributed by atoms with Gasteiger partial charge in [-0.25, -0.2) is 0 Å². The molecule has 0 heterocycles. The molecule has 2 rings (SSSR count). The second kappa shape index (κ2) is 6.30. The lowest BCUT2D eigenvalue weighted by molar-refractivity contribution is 0.0950. The molecule has 3 N–H and O–H groups in total. The van der Waals surface area contributed by atoms with Crippen LogP contribution in [0.15, 0.2) is 42.5 Å². The van der Waals surface area contributed by atoms with Gasteiger partial charge in [0.1, 0.15) is 5.75 Å². The van der Waals surface area contributed by atoms with Crippen molar-refractivity contribution in [2.24, 2.45) is 0 Å². The van der Waals surface area contributed by atoms with Crippen molar-refractivity contribution in [1.29, 1.82) is 0 Å². The van der Waals surface area contributed by atoms with Crippen LogP contribution in [0.3, 0.4) is 0 Å². The van der Waals surface area contributed by atoms with Gasteiger partial charge in [-0.1, -0.05) is 23.7 Å². The van der Waals surface area contributed by atoms with E-state index in [-0.39, 0.29) is 12.5 Å². The molecule has 0 aliphatic carbocycles. The second-order valence-corrected chi connectivity index (χ2v) is 4.64. The maximum absolute atomic E-state index is 12.0. The van der Waals surface area contributed by atoms with E-state index in [1.807, 2.05) is 0 Å². The van der Waals surface area contributed by atoms with Crippen molar-refractivity contribution in [3.05, 3.63) is 58.6 Å². The smallest absolute Gasteiger partial charge is 0.251 e. The monoisotopic (exact) mass is 290 g/mol. The predicted octanol–water partition coefficient (Wildman–Crippen LogP) is 2.86. The van der Waals surface area contributed by atoms with E-state index < -0.39 is 0 Å². The molecule has 0 saturated carbocycles. The number of carbonyl (C=O) groups is 1. The van der Waals surface area contributed by atoms with Gasteiger partial charge < -0.3 is 15.8 Å². The van der Waals surface area contributed by atoms with Crippen LogP contribution in [0, 0.1) is 0 Å². The zero-order valence-electron chi connectivity index (χ0n) is 11.0. The molecule has 5 heteroatoms. The fourth-order valence-electron chi connectivity index (χ4n) is 1.85. The van der Waals surface area contributed by atoms with Crippen LogP contribution in [0.5, 0.6) is 5.75 Å². The number of carbonyl (C=O) groups excluding carboxylic acids is 1. The maximum atomic E-state index is 12.0. The number of anilines is 1. The zero-order chi connectivity index (χ0) is 14.5. The Morgan fingerprint density at radius 3 is 2.75 bits per heavy atom. The lowest BCUT2D eigenvalue weighted by Crippen LogP contribution is -2.23. The number of methoxy groups -OCH3 is 1. The van der Waals surface area contributed by atoms with Crippen LogP contribution in [-0.4, -0.2) is 13.0 Å². The molecule has 20 heavy (non-hydrogen) atoms. The minimum Gasteiger partial charge on any atom is -0.496 e. The van der Waals surface area contributed by atoms with Gasteiger partial charge in [0.05, 0.1) is 7.11 Å². The van der Waals surface area contributed by atoms with E-state index in [4.69, 9.17) is 22.1 Å². The van der Waals surface area contributed by atoms with Crippen LogP contribution in [-0.2, 0) is 6.54 Å². The molecule has 2 aromatic rings. The highest BCUT2D eigenvalue weighted by Gasteiger charge is 2.10. The molecule has 0 saturated heterocycles. The van der Waals surface area contributed by atoms with Gasteiger partial charge in [-0.05, 0) is 30.3 Å². The Balaban J connectivity index is 2.11. The third kappa shape index (κ3) is 3.22. The first-order valence-electron chi connectivity index (χ1n) is 6.07. The molecular weight excluding hydrogens is 276 g/mol. The van der Waals surface area contributed by atoms with Crippen molar-refractivity contribution in [3.8, 4) is 5.75 Å². The maximum Gasteiger partial charge on any atom is 0.251 e. The van der Waals surface area contributed by atoms with Crippen molar-refractivity contribution in [2.75, 3.05) is 12.8 Å². The first-order chi connectivity index (χ1) is 9.61. The van der Waals surface area contributed by atoms with Gasteiger partial charge in [-0.2, -0.15) is 0 Å². The SMILES string of the molecule is COc1cccc(Cl)c1CNC(=O)c1cccc(N)c1. The Morgan fingerprint density at radius 1 is 1.30 bits per heavy atom. The van der Waals surface area contributed by atoms with Gasteiger partial charge in [0.15, 0.2) is 0 Å². The molecular formula is C15H15ClN2O2. The van der Waals surface area contributed by atoms with Crippen molar-refractivity contribution < 1.29 is 9.53 Å². The van der Waals surface area contributed by atoms with Crippen LogP contribution in [0.4, 0.5) is 5.69 Å². The van der Waals surface area contributed by atoms with Gasteiger partial charge in [0.25, 0.3) is 5.91 Å². The molecule has 0 radical (unpaired) electrons. The summed E-state index contributed by atoms with van der Waals surface area (Å²) in [4.78, 5) is 12.0. The number of halogens is 1. The number of rotatable bonds is 4. The summed E-state index contributed by atoms with van der Waals surface area (Å²) in [6.07, 6.45) is 0. The number of benzene rings is 2. The van der Waals surface area contributed by atoms with Crippen LogP contribution in [0.2, 0.25) is 5.02 Å². The average molecular weight is 291 g/mol. The van der Waals surface area contributed by atoms with E-state index >= 15 is 0 Å². The summed E-state index contributed by atoms with van der Waals surface area (Å²) in [7, 11) is 1.56. The normalized spacial score (nSPS) is 10.1. The number of ether oxygens (including phenoxy) is 1. The van der Waals surface area contributed by atoms with Gasteiger partial charge in [0, 0.05) is 28.4 Å². The number of nitrogens with two attached hydrogens (primary N) is 1. The van der Waals surface area contributed by atoms with Crippen LogP contribution in [0.1, 0.15) is 15.9 Å². The Labute approximate surface area is 122 Å². The number of amides is 1. The highest BCUT2D eigenvalue weighted by molar-refractivity contribution is 6.31. The fourth-order valence-corrected chi connectivity index (χ4v) is 2.08. The summed E-state index contributed by atoms with van der Waals surface area (Å²) in [6.45, 7) is 0.288. The summed E-state index contributed by atoms with van der Waals surface area (Å²) in [5, 5.41) is 3.35. The molecule has 104 valence electrons. The molecule has 2 aromatic carbocycles. The largest absolute Gasteiger partial charge is 0.496 e. The fraction of sp³-hybridized carbons (Fsp3) is 0.133. The van der Waals surface area contributed by atoms with Crippen molar-refractivity contribution in [1.82, 2.24) is 5.32 Å². The minimum atomic E-state index is -0.209. The Hall–Kier alpha value is -2.20. The topological polar surface area (TPSA) is 64.3 Å². The van der Waals surface area contributed by atoms with E-state index in [1.165, 1.54) is 0 Å². The number of hydrogen-bond acceptors (Lipinski definition) is 3. The van der Waals surface area contributed by atoms with E-state index in [2.05, 4.69) is 5.32 Å². The standard InChI is InChI=1S/C15H15ClN2O2/c1-20-14-7-3-6-13(16)12(14)9-18-15(19)10-4-2-5-11(17)8-10/h2-8H,9,17H2,1H3,(H,18,19). The summed E-state index contributed by atoms with van der Waals surface area (Å²) in [5.41, 5.74) is 7.46. The van der Waals surface area contributed by atoms with E-state index in [0.717, 1.165) is 5.56 Å². The summed E-state index contributed by atoms with van der Waals surface area (Å²) in [5.74, 6) is 0.435. The zero-order valence-corrected chi connectivity index (χ0v) is 11.8. The van der Waals surface area contributed by atoms with Crippen LogP contribution >= 0.6 is 11.6 Å². The summed E-state index contributed by atoms with van der Waals surface area (Å²) < 4.78 is 5.23. The first kappa shape index (κ1) is 14.2. The third-order valence-corrected chi connectivity index (χ3v) is 3.22. The predicted molar refractivity (Wildman–Crippen MR) is 80.0 cm³/mol. The molecule has 0 fully saturated rings. The molecule has 0 aromatic heterocycles. The Kier molecular flexibility index (Phi) is 4.48. The van der Waals surface area contributed by atoms with Gasteiger partial charge in [-0.15, -0.1) is 0 Å². The minimum absolute atomic E-state index is 0.209. The van der Waals surface area contributed by atoms with E-state index in [0.29, 0.717) is 22.0 Å². The molecule has 0 aliphatic rings. The summed E-state index contributed by atoms with van der Waals surface area (Å²) >= 11 is 6.11. The van der Waals surface area contributed by atoms with Crippen molar-refractivity contribution in [2.45, 2.75) is 6.54 Å². The Morgan fingerprint density at radius 2 is 2.05 bits per heavy atom. The molecule has 1 amide bonds. The van der Waals surface area contributed by atoms with E-state index in [1.54, 1.807) is 49.6 Å². The van der Waals surface area contributed by atoms with Crippen molar-refractivity contribution in [3.63, 3.8) is 0 Å². The number of hydrogen-bond donors (Lipinski definition) is 2. The molecule has 0 bridgehead atoms. The molecule has 4 nitrogen and oxygen atoms in total. The van der Waals surface area contributed by atoms with E-state index in [9.17, 15) is 4.79 Å². The molecule has 0 unspecified atom stereocenters.